The van der Waals surface area contributed by atoms with Crippen molar-refractivity contribution >= 4 is 57.0 Å². The van der Waals surface area contributed by atoms with Gasteiger partial charge < -0.3 is 29.5 Å². The Morgan fingerprint density at radius 3 is 1.58 bits per heavy atom. The number of rotatable bonds is 1. The first-order chi connectivity index (χ1) is 19.9. The van der Waals surface area contributed by atoms with Crippen molar-refractivity contribution < 1.29 is 19.1 Å². The molecule has 240 valence electrons. The normalized spacial score (nSPS) is 15.5. The molecule has 2 heterocycles. The number of nitrogens with zero attached hydrogens (tertiary/aromatic N) is 3. The molecule has 0 aromatic heterocycles. The summed E-state index contributed by atoms with van der Waals surface area (Å²) in [5, 5.41) is 4.78. The Kier molecular flexibility index (Phi) is 14.4. The fourth-order valence-corrected chi connectivity index (χ4v) is 4.79. The zero-order chi connectivity index (χ0) is 32.4. The molecule has 0 unspecified atom stereocenters. The summed E-state index contributed by atoms with van der Waals surface area (Å²) < 4.78 is 11.7. The van der Waals surface area contributed by atoms with Gasteiger partial charge in [0.1, 0.15) is 11.2 Å². The van der Waals surface area contributed by atoms with Gasteiger partial charge in [0.2, 0.25) is 0 Å². The third-order valence-electron chi connectivity index (χ3n) is 6.33. The number of aryl methyl sites for hydroxylation is 2. The molecule has 2 aromatic rings. The second-order valence-corrected chi connectivity index (χ2v) is 14.2. The van der Waals surface area contributed by atoms with Gasteiger partial charge in [-0.3, -0.25) is 0 Å². The number of ether oxygens (including phenoxy) is 2. The van der Waals surface area contributed by atoms with Crippen LogP contribution in [0, 0.1) is 13.8 Å². The number of carbonyl (C=O) groups is 2. The Bertz CT molecular complexity index is 1200. The molecule has 43 heavy (non-hydrogen) atoms. The molecule has 0 bridgehead atoms. The minimum atomic E-state index is -0.443. The first kappa shape index (κ1) is 37.0. The number of benzene rings is 2. The molecule has 2 fully saturated rings. The van der Waals surface area contributed by atoms with E-state index in [1.165, 1.54) is 0 Å². The predicted molar refractivity (Wildman–Crippen MR) is 181 cm³/mol. The minimum Gasteiger partial charge on any atom is -0.444 e. The molecule has 8 nitrogen and oxygen atoms in total. The van der Waals surface area contributed by atoms with E-state index in [2.05, 4.69) is 32.2 Å². The fourth-order valence-electron chi connectivity index (χ4n) is 4.08. The van der Waals surface area contributed by atoms with Gasteiger partial charge in [-0.25, -0.2) is 9.59 Å². The van der Waals surface area contributed by atoms with Gasteiger partial charge in [-0.2, -0.15) is 0 Å². The van der Waals surface area contributed by atoms with Gasteiger partial charge in [0.15, 0.2) is 0 Å². The van der Waals surface area contributed by atoms with Gasteiger partial charge in [0, 0.05) is 72.6 Å². The van der Waals surface area contributed by atoms with E-state index < -0.39 is 5.60 Å². The lowest BCUT2D eigenvalue weighted by Gasteiger charge is -2.36. The van der Waals surface area contributed by atoms with Crippen LogP contribution in [0.15, 0.2) is 40.9 Å². The topological polar surface area (TPSA) is 74.4 Å². The molecular formula is C32H47BrCl2N4O4. The minimum absolute atomic E-state index is 0.200. The SMILES string of the molecule is CC(C)(C)OC(=O)N1CCNCC1.Cc1cc(Br)ccc1Cl.Cc1cc(N2CCN(C(=O)OC(C)(C)C)CC2)ccc1Cl. The Morgan fingerprint density at radius 1 is 0.721 bits per heavy atom. The third-order valence-corrected chi connectivity index (χ3v) is 7.67. The average molecular weight is 703 g/mol. The number of hydrogen-bond acceptors (Lipinski definition) is 6. The van der Waals surface area contributed by atoms with Crippen LogP contribution in [-0.4, -0.2) is 85.5 Å². The van der Waals surface area contributed by atoms with Crippen molar-refractivity contribution in [3.8, 4) is 0 Å². The van der Waals surface area contributed by atoms with E-state index in [0.717, 1.165) is 70.6 Å². The Balaban J connectivity index is 0.000000249. The van der Waals surface area contributed by atoms with E-state index in [9.17, 15) is 9.59 Å². The van der Waals surface area contributed by atoms with Crippen LogP contribution in [0.25, 0.3) is 0 Å². The van der Waals surface area contributed by atoms with Gasteiger partial charge in [-0.05, 0) is 103 Å². The highest BCUT2D eigenvalue weighted by Crippen LogP contribution is 2.24. The van der Waals surface area contributed by atoms with Crippen molar-refractivity contribution in [1.82, 2.24) is 15.1 Å². The Morgan fingerprint density at radius 2 is 1.16 bits per heavy atom. The average Bonchev–Trinajstić information content (AvgIpc) is 2.92. The number of halogens is 3. The third kappa shape index (κ3) is 14.0. The van der Waals surface area contributed by atoms with Crippen molar-refractivity contribution in [2.24, 2.45) is 0 Å². The molecule has 2 saturated heterocycles. The molecule has 4 rings (SSSR count). The lowest BCUT2D eigenvalue weighted by Crippen LogP contribution is -2.50. The number of amides is 2. The van der Waals surface area contributed by atoms with E-state index in [1.807, 2.05) is 85.7 Å². The first-order valence-electron chi connectivity index (χ1n) is 14.5. The maximum atomic E-state index is 12.0. The molecule has 2 aromatic carbocycles. The quantitative estimate of drug-likeness (QED) is 0.326. The number of carbonyl (C=O) groups excluding carboxylic acids is 2. The van der Waals surface area contributed by atoms with Crippen molar-refractivity contribution in [2.45, 2.75) is 66.6 Å². The highest BCUT2D eigenvalue weighted by Gasteiger charge is 2.26. The molecule has 0 saturated carbocycles. The van der Waals surface area contributed by atoms with Crippen LogP contribution < -0.4 is 10.2 Å². The summed E-state index contributed by atoms with van der Waals surface area (Å²) in [6, 6.07) is 11.8. The van der Waals surface area contributed by atoms with Crippen LogP contribution >= 0.6 is 39.1 Å². The van der Waals surface area contributed by atoms with Gasteiger partial charge in [0.05, 0.1) is 0 Å². The molecule has 0 atom stereocenters. The number of anilines is 1. The maximum Gasteiger partial charge on any atom is 0.410 e. The van der Waals surface area contributed by atoms with Crippen LogP contribution in [0.4, 0.5) is 15.3 Å². The van der Waals surface area contributed by atoms with Crippen LogP contribution in [0.5, 0.6) is 0 Å². The molecule has 0 aliphatic carbocycles. The Labute approximate surface area is 276 Å². The second kappa shape index (κ2) is 16.8. The van der Waals surface area contributed by atoms with Gasteiger partial charge in [0.25, 0.3) is 0 Å². The number of hydrogen-bond donors (Lipinski definition) is 1. The lowest BCUT2D eigenvalue weighted by atomic mass is 10.2. The highest BCUT2D eigenvalue weighted by molar-refractivity contribution is 9.10. The van der Waals surface area contributed by atoms with E-state index in [4.69, 9.17) is 32.7 Å². The van der Waals surface area contributed by atoms with Crippen LogP contribution in [0.3, 0.4) is 0 Å². The molecule has 1 N–H and O–H groups in total. The Hall–Kier alpha value is -2.20. The summed E-state index contributed by atoms with van der Waals surface area (Å²) in [4.78, 5) is 29.3. The van der Waals surface area contributed by atoms with Crippen molar-refractivity contribution in [3.63, 3.8) is 0 Å². The van der Waals surface area contributed by atoms with Crippen LogP contribution in [0.1, 0.15) is 52.7 Å². The van der Waals surface area contributed by atoms with E-state index in [-0.39, 0.29) is 17.8 Å². The summed E-state index contributed by atoms with van der Waals surface area (Å²) in [5.41, 5.74) is 2.50. The molecule has 0 radical (unpaired) electrons. The molecular weight excluding hydrogens is 655 g/mol. The number of piperazine rings is 2. The smallest absolute Gasteiger partial charge is 0.410 e. The van der Waals surface area contributed by atoms with Gasteiger partial charge >= 0.3 is 12.2 Å². The van der Waals surface area contributed by atoms with Crippen molar-refractivity contribution in [1.29, 1.82) is 0 Å². The largest absolute Gasteiger partial charge is 0.444 e. The monoisotopic (exact) mass is 700 g/mol. The van der Waals surface area contributed by atoms with Crippen LogP contribution in [-0.2, 0) is 9.47 Å². The first-order valence-corrected chi connectivity index (χ1v) is 16.1. The van der Waals surface area contributed by atoms with E-state index in [1.54, 1.807) is 9.80 Å². The van der Waals surface area contributed by atoms with Gasteiger partial charge in [-0.15, -0.1) is 0 Å². The second-order valence-electron chi connectivity index (χ2n) is 12.5. The summed E-state index contributed by atoms with van der Waals surface area (Å²) >= 11 is 15.2. The predicted octanol–water partition coefficient (Wildman–Crippen LogP) is 7.94. The van der Waals surface area contributed by atoms with Crippen LogP contribution in [0.2, 0.25) is 10.0 Å². The van der Waals surface area contributed by atoms with Crippen molar-refractivity contribution in [3.05, 3.63) is 62.0 Å². The summed E-state index contributed by atoms with van der Waals surface area (Å²) in [6.45, 7) is 21.5. The van der Waals surface area contributed by atoms with Gasteiger partial charge in [-0.1, -0.05) is 39.1 Å². The molecule has 2 aliphatic heterocycles. The number of nitrogens with one attached hydrogen (secondary N) is 1. The molecule has 11 heteroatoms. The molecule has 2 amide bonds. The summed E-state index contributed by atoms with van der Waals surface area (Å²) in [6.07, 6.45) is -0.427. The fraction of sp³-hybridized carbons (Fsp3) is 0.562. The van der Waals surface area contributed by atoms with E-state index >= 15 is 0 Å². The molecule has 2 aliphatic rings. The summed E-state index contributed by atoms with van der Waals surface area (Å²) in [7, 11) is 0. The molecule has 0 spiro atoms. The lowest BCUT2D eigenvalue weighted by molar-refractivity contribution is 0.0223. The van der Waals surface area contributed by atoms with Crippen molar-refractivity contribution in [2.75, 3.05) is 57.3 Å². The highest BCUT2D eigenvalue weighted by atomic mass is 79.9. The maximum absolute atomic E-state index is 12.0. The zero-order valence-electron chi connectivity index (χ0n) is 26.7. The zero-order valence-corrected chi connectivity index (χ0v) is 29.8. The van der Waals surface area contributed by atoms with E-state index in [0.29, 0.717) is 13.1 Å². The standard InChI is InChI=1S/C16H23ClN2O2.C9H18N2O2.C7H6BrCl/c1-12-11-13(5-6-14(12)17)18-7-9-19(10-8-18)15(20)21-16(2,3)4;1-9(2,3)13-8(12)11-6-4-10-5-7-11;1-5-4-6(8)2-3-7(5)9/h5-6,11H,7-10H2,1-4H3;10H,4-7H2,1-3H3;2-4H,1H3. The summed E-state index contributed by atoms with van der Waals surface area (Å²) in [5.74, 6) is 0.